The standard InChI is InChI=1S/C8H8BrN3OS/c9-6-1-3-7(4-2-6)11-8(14)12-10-5-13/h1-5H,(H,10,13)(H2,11,12,14). The number of thiocarbonyl (C=S) groups is 1. The first-order valence-corrected chi connectivity index (χ1v) is 4.94. The van der Waals surface area contributed by atoms with Crippen LogP contribution >= 0.6 is 28.1 Å². The van der Waals surface area contributed by atoms with E-state index in [0.29, 0.717) is 11.5 Å². The number of anilines is 1. The number of hydrogen-bond donors (Lipinski definition) is 3. The van der Waals surface area contributed by atoms with E-state index in [4.69, 9.17) is 12.2 Å². The van der Waals surface area contributed by atoms with Crippen LogP contribution in [0.2, 0.25) is 0 Å². The Hall–Kier alpha value is -1.14. The minimum absolute atomic E-state index is 0.333. The molecule has 0 aliphatic carbocycles. The summed E-state index contributed by atoms with van der Waals surface area (Å²) in [5.41, 5.74) is 5.57. The Bertz CT molecular complexity index is 328. The third-order valence-corrected chi connectivity index (χ3v) is 2.08. The van der Waals surface area contributed by atoms with E-state index in [1.54, 1.807) is 0 Å². The van der Waals surface area contributed by atoms with Gasteiger partial charge in [-0.05, 0) is 36.5 Å². The van der Waals surface area contributed by atoms with Gasteiger partial charge in [0.1, 0.15) is 0 Å². The summed E-state index contributed by atoms with van der Waals surface area (Å²) in [6.45, 7) is 0. The molecule has 1 amide bonds. The molecule has 3 N–H and O–H groups in total. The first-order valence-electron chi connectivity index (χ1n) is 3.74. The number of nitrogens with one attached hydrogen (secondary N) is 3. The zero-order valence-corrected chi connectivity index (χ0v) is 9.48. The van der Waals surface area contributed by atoms with E-state index in [1.165, 1.54) is 0 Å². The molecule has 1 rings (SSSR count). The Morgan fingerprint density at radius 1 is 1.36 bits per heavy atom. The first-order chi connectivity index (χ1) is 6.72. The second-order valence-electron chi connectivity index (χ2n) is 2.35. The van der Waals surface area contributed by atoms with Crippen LogP contribution in [0.5, 0.6) is 0 Å². The summed E-state index contributed by atoms with van der Waals surface area (Å²) in [5, 5.41) is 3.21. The van der Waals surface area contributed by atoms with Gasteiger partial charge in [0.2, 0.25) is 6.41 Å². The summed E-state index contributed by atoms with van der Waals surface area (Å²) in [6.07, 6.45) is 0.509. The predicted octanol–water partition coefficient (Wildman–Crippen LogP) is 1.40. The van der Waals surface area contributed by atoms with Crippen LogP contribution in [-0.4, -0.2) is 11.5 Å². The van der Waals surface area contributed by atoms with E-state index < -0.39 is 0 Å². The van der Waals surface area contributed by atoms with Gasteiger partial charge in [0.25, 0.3) is 0 Å². The van der Waals surface area contributed by atoms with Crippen LogP contribution in [0.25, 0.3) is 0 Å². The maximum Gasteiger partial charge on any atom is 0.225 e. The Labute approximate surface area is 95.2 Å². The normalized spacial score (nSPS) is 8.93. The van der Waals surface area contributed by atoms with Gasteiger partial charge < -0.3 is 5.32 Å². The third-order valence-electron chi connectivity index (χ3n) is 1.35. The van der Waals surface area contributed by atoms with Crippen LogP contribution in [0, 0.1) is 0 Å². The summed E-state index contributed by atoms with van der Waals surface area (Å²) in [7, 11) is 0. The molecule has 0 radical (unpaired) electrons. The molecular weight excluding hydrogens is 266 g/mol. The van der Waals surface area contributed by atoms with Crippen molar-refractivity contribution in [1.29, 1.82) is 0 Å². The molecule has 1 aromatic carbocycles. The number of hydrazine groups is 1. The Morgan fingerprint density at radius 2 is 2.00 bits per heavy atom. The van der Waals surface area contributed by atoms with Crippen molar-refractivity contribution in [3.8, 4) is 0 Å². The summed E-state index contributed by atoms with van der Waals surface area (Å²) in [4.78, 5) is 9.94. The molecule has 14 heavy (non-hydrogen) atoms. The van der Waals surface area contributed by atoms with Crippen molar-refractivity contribution in [3.05, 3.63) is 28.7 Å². The molecule has 0 heterocycles. The fourth-order valence-electron chi connectivity index (χ4n) is 0.791. The molecule has 74 valence electrons. The second-order valence-corrected chi connectivity index (χ2v) is 3.67. The van der Waals surface area contributed by atoms with Crippen molar-refractivity contribution in [2.45, 2.75) is 0 Å². The lowest BCUT2D eigenvalue weighted by atomic mass is 10.3. The zero-order valence-electron chi connectivity index (χ0n) is 7.08. The van der Waals surface area contributed by atoms with Crippen LogP contribution in [0.4, 0.5) is 5.69 Å². The van der Waals surface area contributed by atoms with Gasteiger partial charge in [-0.25, -0.2) is 0 Å². The highest BCUT2D eigenvalue weighted by molar-refractivity contribution is 9.10. The Morgan fingerprint density at radius 3 is 2.57 bits per heavy atom. The third kappa shape index (κ3) is 3.71. The lowest BCUT2D eigenvalue weighted by Crippen LogP contribution is -2.39. The number of hydrogen-bond acceptors (Lipinski definition) is 2. The molecule has 6 heteroatoms. The minimum Gasteiger partial charge on any atom is -0.331 e. The second kappa shape index (κ2) is 5.56. The smallest absolute Gasteiger partial charge is 0.225 e. The molecular formula is C8H8BrN3OS. The van der Waals surface area contributed by atoms with E-state index in [9.17, 15) is 4.79 Å². The van der Waals surface area contributed by atoms with E-state index in [2.05, 4.69) is 32.1 Å². The number of carbonyl (C=O) groups is 1. The Balaban J connectivity index is 2.47. The molecule has 0 bridgehead atoms. The first kappa shape index (κ1) is 10.9. The van der Waals surface area contributed by atoms with Crippen LogP contribution in [0.3, 0.4) is 0 Å². The molecule has 0 unspecified atom stereocenters. The Kier molecular flexibility index (Phi) is 4.34. The van der Waals surface area contributed by atoms with Gasteiger partial charge >= 0.3 is 0 Å². The van der Waals surface area contributed by atoms with Gasteiger partial charge in [-0.2, -0.15) is 0 Å². The summed E-state index contributed by atoms with van der Waals surface area (Å²) in [6, 6.07) is 7.49. The molecule has 0 saturated carbocycles. The van der Waals surface area contributed by atoms with E-state index >= 15 is 0 Å². The van der Waals surface area contributed by atoms with E-state index in [-0.39, 0.29) is 0 Å². The highest BCUT2D eigenvalue weighted by Crippen LogP contribution is 2.13. The topological polar surface area (TPSA) is 53.2 Å². The highest BCUT2D eigenvalue weighted by atomic mass is 79.9. The van der Waals surface area contributed by atoms with Crippen molar-refractivity contribution < 1.29 is 4.79 Å². The predicted molar refractivity (Wildman–Crippen MR) is 62.7 cm³/mol. The van der Waals surface area contributed by atoms with Crippen molar-refractivity contribution in [1.82, 2.24) is 10.9 Å². The molecule has 0 fully saturated rings. The molecule has 0 aliphatic rings. The van der Waals surface area contributed by atoms with Gasteiger partial charge in [0, 0.05) is 10.2 Å². The van der Waals surface area contributed by atoms with Gasteiger partial charge in [-0.15, -0.1) is 0 Å². The van der Waals surface area contributed by atoms with Gasteiger partial charge in [-0.3, -0.25) is 15.6 Å². The number of amides is 1. The van der Waals surface area contributed by atoms with E-state index in [0.717, 1.165) is 10.2 Å². The van der Waals surface area contributed by atoms with Crippen molar-refractivity contribution in [2.24, 2.45) is 0 Å². The largest absolute Gasteiger partial charge is 0.331 e. The average Bonchev–Trinajstić information content (AvgIpc) is 2.18. The molecule has 4 nitrogen and oxygen atoms in total. The summed E-state index contributed by atoms with van der Waals surface area (Å²) in [5.74, 6) is 0. The molecule has 1 aromatic rings. The molecule has 0 aliphatic heterocycles. The number of carbonyl (C=O) groups excluding carboxylic acids is 1. The van der Waals surface area contributed by atoms with Crippen molar-refractivity contribution in [2.75, 3.05) is 5.32 Å². The highest BCUT2D eigenvalue weighted by Gasteiger charge is 1.95. The fourth-order valence-corrected chi connectivity index (χ4v) is 1.23. The summed E-state index contributed by atoms with van der Waals surface area (Å²) < 4.78 is 0.993. The SMILES string of the molecule is O=CNNC(=S)Nc1ccc(Br)cc1. The fraction of sp³-hybridized carbons (Fsp3) is 0. The quantitative estimate of drug-likeness (QED) is 0.443. The number of rotatable bonds is 3. The lowest BCUT2D eigenvalue weighted by Gasteiger charge is -2.08. The van der Waals surface area contributed by atoms with E-state index in [1.807, 2.05) is 24.3 Å². The minimum atomic E-state index is 0.333. The van der Waals surface area contributed by atoms with Gasteiger partial charge in [0.15, 0.2) is 5.11 Å². The molecule has 0 atom stereocenters. The van der Waals surface area contributed by atoms with Crippen molar-refractivity contribution in [3.63, 3.8) is 0 Å². The average molecular weight is 274 g/mol. The molecule has 0 aromatic heterocycles. The van der Waals surface area contributed by atoms with Gasteiger partial charge in [-0.1, -0.05) is 15.9 Å². The van der Waals surface area contributed by atoms with Crippen LogP contribution in [-0.2, 0) is 4.79 Å². The maximum absolute atomic E-state index is 9.94. The monoisotopic (exact) mass is 273 g/mol. The lowest BCUT2D eigenvalue weighted by molar-refractivity contribution is -0.110. The van der Waals surface area contributed by atoms with Crippen LogP contribution in [0.15, 0.2) is 28.7 Å². The van der Waals surface area contributed by atoms with Crippen LogP contribution in [0.1, 0.15) is 0 Å². The number of benzene rings is 1. The number of halogens is 1. The molecule has 0 saturated heterocycles. The van der Waals surface area contributed by atoms with Crippen LogP contribution < -0.4 is 16.2 Å². The molecule has 0 spiro atoms. The zero-order chi connectivity index (χ0) is 10.4. The summed E-state index contributed by atoms with van der Waals surface area (Å²) >= 11 is 8.20. The maximum atomic E-state index is 9.94. The van der Waals surface area contributed by atoms with Gasteiger partial charge in [0.05, 0.1) is 0 Å². The van der Waals surface area contributed by atoms with Crippen molar-refractivity contribution >= 4 is 45.4 Å².